The normalized spacial score (nSPS) is 16.9. The minimum Gasteiger partial charge on any atom is -0.454 e. The summed E-state index contributed by atoms with van der Waals surface area (Å²) in [6.45, 7) is 3.24. The first-order valence-corrected chi connectivity index (χ1v) is 9.98. The van der Waals surface area contributed by atoms with Gasteiger partial charge in [-0.15, -0.1) is 0 Å². The SMILES string of the molecule is CC1CCCN(C(=O)COC(=O)Cn2c3ccccc3c(=O)c3ccccc32)C1. The molecule has 4 rings (SSSR count). The highest BCUT2D eigenvalue weighted by molar-refractivity contribution is 5.94. The minimum absolute atomic E-state index is 0.0600. The first-order chi connectivity index (χ1) is 14.0. The maximum Gasteiger partial charge on any atom is 0.326 e. The molecule has 150 valence electrons. The molecule has 1 saturated heterocycles. The van der Waals surface area contributed by atoms with Crippen molar-refractivity contribution in [1.82, 2.24) is 9.47 Å². The van der Waals surface area contributed by atoms with Gasteiger partial charge in [0.05, 0.1) is 11.0 Å². The topological polar surface area (TPSA) is 68.6 Å². The van der Waals surface area contributed by atoms with E-state index in [1.54, 1.807) is 33.7 Å². The fourth-order valence-corrected chi connectivity index (χ4v) is 4.07. The number of likely N-dealkylation sites (tertiary alicyclic amines) is 1. The molecule has 1 aromatic heterocycles. The molecule has 1 aliphatic heterocycles. The molecule has 29 heavy (non-hydrogen) atoms. The number of hydrogen-bond donors (Lipinski definition) is 0. The van der Waals surface area contributed by atoms with Crippen LogP contribution >= 0.6 is 0 Å². The van der Waals surface area contributed by atoms with E-state index < -0.39 is 5.97 Å². The van der Waals surface area contributed by atoms with Crippen molar-refractivity contribution >= 4 is 33.7 Å². The van der Waals surface area contributed by atoms with Crippen molar-refractivity contribution in [3.8, 4) is 0 Å². The first-order valence-electron chi connectivity index (χ1n) is 9.98. The number of carbonyl (C=O) groups is 2. The third-order valence-electron chi connectivity index (χ3n) is 5.53. The summed E-state index contributed by atoms with van der Waals surface area (Å²) in [5, 5.41) is 1.11. The molecular formula is C23H24N2O4. The zero-order valence-corrected chi connectivity index (χ0v) is 16.5. The number of piperidine rings is 1. The monoisotopic (exact) mass is 392 g/mol. The number of rotatable bonds is 4. The smallest absolute Gasteiger partial charge is 0.326 e. The van der Waals surface area contributed by atoms with Crippen molar-refractivity contribution in [2.45, 2.75) is 26.3 Å². The highest BCUT2D eigenvalue weighted by Gasteiger charge is 2.22. The molecule has 0 spiro atoms. The molecule has 0 radical (unpaired) electrons. The minimum atomic E-state index is -0.498. The molecule has 0 saturated carbocycles. The van der Waals surface area contributed by atoms with Crippen LogP contribution < -0.4 is 5.43 Å². The molecule has 1 unspecified atom stereocenters. The van der Waals surface area contributed by atoms with Crippen LogP contribution in [-0.4, -0.2) is 41.0 Å². The number of carbonyl (C=O) groups excluding carboxylic acids is 2. The first kappa shape index (κ1) is 19.2. The van der Waals surface area contributed by atoms with Gasteiger partial charge in [-0.25, -0.2) is 0 Å². The van der Waals surface area contributed by atoms with Gasteiger partial charge in [-0.05, 0) is 43.0 Å². The fraction of sp³-hybridized carbons (Fsp3) is 0.348. The van der Waals surface area contributed by atoms with E-state index >= 15 is 0 Å². The van der Waals surface area contributed by atoms with E-state index in [0.29, 0.717) is 34.3 Å². The molecule has 1 aliphatic rings. The van der Waals surface area contributed by atoms with Crippen molar-refractivity contribution in [3.05, 3.63) is 58.8 Å². The van der Waals surface area contributed by atoms with Gasteiger partial charge in [-0.1, -0.05) is 31.2 Å². The molecule has 1 fully saturated rings. The lowest BCUT2D eigenvalue weighted by atomic mass is 10.0. The quantitative estimate of drug-likeness (QED) is 0.506. The lowest BCUT2D eigenvalue weighted by molar-refractivity contribution is -0.153. The van der Waals surface area contributed by atoms with Crippen LogP contribution in [0.1, 0.15) is 19.8 Å². The standard InChI is InChI=1S/C23H24N2O4/c1-16-7-6-12-24(13-16)21(26)15-29-22(27)14-25-19-10-4-2-8-17(19)23(28)18-9-3-5-11-20(18)25/h2-5,8-11,16H,6-7,12-15H2,1H3. The summed E-state index contributed by atoms with van der Waals surface area (Å²) in [7, 11) is 0. The Kier molecular flexibility index (Phi) is 5.34. The van der Waals surface area contributed by atoms with Crippen molar-refractivity contribution < 1.29 is 14.3 Å². The predicted octanol–water partition coefficient (Wildman–Crippen LogP) is 2.96. The van der Waals surface area contributed by atoms with Crippen molar-refractivity contribution in [2.24, 2.45) is 5.92 Å². The Balaban J connectivity index is 1.55. The van der Waals surface area contributed by atoms with Gasteiger partial charge in [0.15, 0.2) is 12.0 Å². The van der Waals surface area contributed by atoms with Gasteiger partial charge in [-0.2, -0.15) is 0 Å². The molecule has 6 heteroatoms. The maximum atomic E-state index is 12.8. The van der Waals surface area contributed by atoms with Crippen LogP contribution in [0.5, 0.6) is 0 Å². The summed E-state index contributed by atoms with van der Waals surface area (Å²) >= 11 is 0. The second kappa shape index (κ2) is 8.07. The molecule has 1 atom stereocenters. The number of aromatic nitrogens is 1. The molecule has 2 heterocycles. The van der Waals surface area contributed by atoms with Gasteiger partial charge in [0, 0.05) is 23.9 Å². The van der Waals surface area contributed by atoms with Gasteiger partial charge >= 0.3 is 5.97 Å². The van der Waals surface area contributed by atoms with Crippen LogP contribution in [0.4, 0.5) is 0 Å². The maximum absolute atomic E-state index is 12.8. The Bertz CT molecular complexity index is 1070. The average Bonchev–Trinajstić information content (AvgIpc) is 2.75. The number of ether oxygens (including phenoxy) is 1. The van der Waals surface area contributed by atoms with Crippen molar-refractivity contribution in [2.75, 3.05) is 19.7 Å². The van der Waals surface area contributed by atoms with E-state index in [9.17, 15) is 14.4 Å². The highest BCUT2D eigenvalue weighted by Crippen LogP contribution is 2.19. The summed E-state index contributed by atoms with van der Waals surface area (Å²) in [4.78, 5) is 39.4. The number of hydrogen-bond acceptors (Lipinski definition) is 4. The third kappa shape index (κ3) is 3.88. The number of pyridine rings is 1. The van der Waals surface area contributed by atoms with E-state index in [2.05, 4.69) is 6.92 Å². The Morgan fingerprint density at radius 2 is 1.66 bits per heavy atom. The summed E-state index contributed by atoms with van der Waals surface area (Å²) in [5.74, 6) is -0.177. The van der Waals surface area contributed by atoms with Crippen LogP contribution in [0.15, 0.2) is 53.3 Å². The second-order valence-electron chi connectivity index (χ2n) is 7.70. The van der Waals surface area contributed by atoms with E-state index in [4.69, 9.17) is 4.74 Å². The van der Waals surface area contributed by atoms with Gasteiger partial charge in [0.2, 0.25) is 0 Å². The highest BCUT2D eigenvalue weighted by atomic mass is 16.5. The van der Waals surface area contributed by atoms with Crippen LogP contribution in [-0.2, 0) is 20.9 Å². The zero-order chi connectivity index (χ0) is 20.4. The lowest BCUT2D eigenvalue weighted by Crippen LogP contribution is -2.41. The molecule has 0 bridgehead atoms. The predicted molar refractivity (Wildman–Crippen MR) is 112 cm³/mol. The van der Waals surface area contributed by atoms with E-state index in [1.165, 1.54) is 0 Å². The molecule has 2 aromatic carbocycles. The van der Waals surface area contributed by atoms with Gasteiger partial charge in [0.1, 0.15) is 6.54 Å². The number of para-hydroxylation sites is 2. The van der Waals surface area contributed by atoms with E-state index in [-0.39, 0.29) is 24.5 Å². The third-order valence-corrected chi connectivity index (χ3v) is 5.53. The summed E-state index contributed by atoms with van der Waals surface area (Å²) in [6.07, 6.45) is 2.10. The Morgan fingerprint density at radius 3 is 2.28 bits per heavy atom. The summed E-state index contributed by atoms with van der Waals surface area (Å²) in [5.41, 5.74) is 1.28. The molecule has 3 aromatic rings. The number of amides is 1. The van der Waals surface area contributed by atoms with Crippen LogP contribution in [0, 0.1) is 5.92 Å². The molecule has 1 amide bonds. The lowest BCUT2D eigenvalue weighted by Gasteiger charge is -2.30. The molecule has 0 N–H and O–H groups in total. The van der Waals surface area contributed by atoms with Crippen LogP contribution in [0.2, 0.25) is 0 Å². The Hall–Kier alpha value is -3.15. The summed E-state index contributed by atoms with van der Waals surface area (Å²) in [6, 6.07) is 14.4. The number of fused-ring (bicyclic) bond motifs is 2. The van der Waals surface area contributed by atoms with Gasteiger partial charge < -0.3 is 14.2 Å². The molecule has 6 nitrogen and oxygen atoms in total. The number of esters is 1. The fourth-order valence-electron chi connectivity index (χ4n) is 4.07. The van der Waals surface area contributed by atoms with Crippen LogP contribution in [0.3, 0.4) is 0 Å². The van der Waals surface area contributed by atoms with E-state index in [0.717, 1.165) is 19.4 Å². The van der Waals surface area contributed by atoms with Crippen molar-refractivity contribution in [1.29, 1.82) is 0 Å². The molecule has 0 aliphatic carbocycles. The largest absolute Gasteiger partial charge is 0.454 e. The van der Waals surface area contributed by atoms with Crippen LogP contribution in [0.25, 0.3) is 21.8 Å². The second-order valence-corrected chi connectivity index (χ2v) is 7.70. The zero-order valence-electron chi connectivity index (χ0n) is 16.5. The van der Waals surface area contributed by atoms with Crippen molar-refractivity contribution in [3.63, 3.8) is 0 Å². The van der Waals surface area contributed by atoms with Gasteiger partial charge in [0.25, 0.3) is 5.91 Å². The van der Waals surface area contributed by atoms with Gasteiger partial charge in [-0.3, -0.25) is 14.4 Å². The van der Waals surface area contributed by atoms with E-state index in [1.807, 2.05) is 24.3 Å². The summed E-state index contributed by atoms with van der Waals surface area (Å²) < 4.78 is 7.07. The number of nitrogens with zero attached hydrogens (tertiary/aromatic N) is 2. The average molecular weight is 392 g/mol. The Labute approximate surface area is 168 Å². The number of benzene rings is 2. The molecular weight excluding hydrogens is 368 g/mol. The Morgan fingerprint density at radius 1 is 1.03 bits per heavy atom.